The van der Waals surface area contributed by atoms with E-state index < -0.39 is 0 Å². The maximum Gasteiger partial charge on any atom is 0.257 e. The highest BCUT2D eigenvalue weighted by Crippen LogP contribution is 2.20. The molecule has 0 fully saturated rings. The third-order valence-corrected chi connectivity index (χ3v) is 4.49. The summed E-state index contributed by atoms with van der Waals surface area (Å²) < 4.78 is 1.08. The maximum atomic E-state index is 12.1. The van der Waals surface area contributed by atoms with E-state index in [9.17, 15) is 4.79 Å². The van der Waals surface area contributed by atoms with E-state index in [-0.39, 0.29) is 5.91 Å². The van der Waals surface area contributed by atoms with Crippen LogP contribution in [0.25, 0.3) is 0 Å². The molecule has 0 aliphatic heterocycles. The SMILES string of the molecule is O=C(Nc1nnc(NCCc2cnc[nH]2)s1)c1ccc(I)cc1. The van der Waals surface area contributed by atoms with Crippen LogP contribution in [-0.2, 0) is 6.42 Å². The Morgan fingerprint density at radius 1 is 1.22 bits per heavy atom. The van der Waals surface area contributed by atoms with Crippen LogP contribution < -0.4 is 10.6 Å². The van der Waals surface area contributed by atoms with E-state index >= 15 is 0 Å². The van der Waals surface area contributed by atoms with Crippen LogP contribution in [0.2, 0.25) is 0 Å². The number of carbonyl (C=O) groups excluding carboxylic acids is 1. The first-order valence-corrected chi connectivity index (χ1v) is 8.72. The summed E-state index contributed by atoms with van der Waals surface area (Å²) in [4.78, 5) is 19.1. The Morgan fingerprint density at radius 3 is 2.74 bits per heavy atom. The van der Waals surface area contributed by atoms with Crippen LogP contribution in [0, 0.1) is 3.57 Å². The second-order valence-electron chi connectivity index (χ2n) is 4.63. The molecule has 9 heteroatoms. The van der Waals surface area contributed by atoms with Gasteiger partial charge in [0, 0.05) is 34.0 Å². The Morgan fingerprint density at radius 2 is 2.00 bits per heavy atom. The Kier molecular flexibility index (Phi) is 5.18. The topological polar surface area (TPSA) is 95.6 Å². The van der Waals surface area contributed by atoms with Gasteiger partial charge >= 0.3 is 0 Å². The molecule has 0 aliphatic carbocycles. The van der Waals surface area contributed by atoms with Gasteiger partial charge in [-0.1, -0.05) is 11.3 Å². The van der Waals surface area contributed by atoms with E-state index in [2.05, 4.69) is 53.4 Å². The van der Waals surface area contributed by atoms with Crippen molar-refractivity contribution in [3.05, 3.63) is 51.6 Å². The molecule has 7 nitrogen and oxygen atoms in total. The number of aromatic nitrogens is 4. The molecule has 3 N–H and O–H groups in total. The van der Waals surface area contributed by atoms with Crippen molar-refractivity contribution in [2.45, 2.75) is 6.42 Å². The van der Waals surface area contributed by atoms with Crippen molar-refractivity contribution in [2.24, 2.45) is 0 Å². The summed E-state index contributed by atoms with van der Waals surface area (Å²) >= 11 is 3.50. The Bertz CT molecular complexity index is 771. The number of nitrogens with zero attached hydrogens (tertiary/aromatic N) is 3. The number of benzene rings is 1. The quantitative estimate of drug-likeness (QED) is 0.513. The largest absolute Gasteiger partial charge is 0.360 e. The fourth-order valence-corrected chi connectivity index (χ4v) is 2.87. The number of imidazole rings is 1. The first-order chi connectivity index (χ1) is 11.2. The summed E-state index contributed by atoms with van der Waals surface area (Å²) in [5.74, 6) is -0.193. The maximum absolute atomic E-state index is 12.1. The second-order valence-corrected chi connectivity index (χ2v) is 6.85. The minimum Gasteiger partial charge on any atom is -0.360 e. The van der Waals surface area contributed by atoms with Crippen molar-refractivity contribution in [3.8, 4) is 0 Å². The molecular weight excluding hydrogens is 427 g/mol. The van der Waals surface area contributed by atoms with Crippen LogP contribution in [0.5, 0.6) is 0 Å². The number of amides is 1. The number of halogens is 1. The fourth-order valence-electron chi connectivity index (χ4n) is 1.84. The summed E-state index contributed by atoms with van der Waals surface area (Å²) in [6.45, 7) is 0.710. The van der Waals surface area contributed by atoms with Crippen LogP contribution in [0.3, 0.4) is 0 Å². The molecule has 23 heavy (non-hydrogen) atoms. The van der Waals surface area contributed by atoms with Gasteiger partial charge in [-0.2, -0.15) is 0 Å². The highest BCUT2D eigenvalue weighted by molar-refractivity contribution is 14.1. The minimum absolute atomic E-state index is 0.193. The molecule has 118 valence electrons. The molecule has 1 amide bonds. The summed E-state index contributed by atoms with van der Waals surface area (Å²) in [6.07, 6.45) is 4.25. The summed E-state index contributed by atoms with van der Waals surface area (Å²) in [7, 11) is 0. The monoisotopic (exact) mass is 440 g/mol. The molecule has 0 spiro atoms. The van der Waals surface area contributed by atoms with E-state index in [0.29, 0.717) is 22.4 Å². The smallest absolute Gasteiger partial charge is 0.257 e. The lowest BCUT2D eigenvalue weighted by Gasteiger charge is -2.01. The van der Waals surface area contributed by atoms with Gasteiger partial charge in [0.05, 0.1) is 6.33 Å². The van der Waals surface area contributed by atoms with E-state index in [1.807, 2.05) is 12.1 Å². The van der Waals surface area contributed by atoms with Gasteiger partial charge in [0.15, 0.2) is 0 Å². The number of aromatic amines is 1. The van der Waals surface area contributed by atoms with Crippen LogP contribution >= 0.6 is 33.9 Å². The molecule has 2 aromatic heterocycles. The van der Waals surface area contributed by atoms with E-state index in [4.69, 9.17) is 0 Å². The van der Waals surface area contributed by atoms with Gasteiger partial charge in [0.25, 0.3) is 5.91 Å². The van der Waals surface area contributed by atoms with Gasteiger partial charge < -0.3 is 10.3 Å². The van der Waals surface area contributed by atoms with Gasteiger partial charge in [-0.05, 0) is 46.9 Å². The third-order valence-electron chi connectivity index (χ3n) is 2.98. The second kappa shape index (κ2) is 7.51. The molecule has 0 saturated carbocycles. The van der Waals surface area contributed by atoms with E-state index in [1.54, 1.807) is 24.7 Å². The van der Waals surface area contributed by atoms with E-state index in [0.717, 1.165) is 15.7 Å². The summed E-state index contributed by atoms with van der Waals surface area (Å²) in [5, 5.41) is 15.0. The zero-order valence-corrected chi connectivity index (χ0v) is 14.9. The average molecular weight is 440 g/mol. The van der Waals surface area contributed by atoms with Crippen LogP contribution in [0.4, 0.5) is 10.3 Å². The lowest BCUT2D eigenvalue weighted by molar-refractivity contribution is 0.102. The van der Waals surface area contributed by atoms with Crippen molar-refractivity contribution in [1.82, 2.24) is 20.2 Å². The fraction of sp³-hybridized carbons (Fsp3) is 0.143. The van der Waals surface area contributed by atoms with Crippen molar-refractivity contribution < 1.29 is 4.79 Å². The molecule has 3 rings (SSSR count). The molecule has 0 bridgehead atoms. The molecule has 0 saturated heterocycles. The molecule has 3 aromatic rings. The zero-order chi connectivity index (χ0) is 16.1. The van der Waals surface area contributed by atoms with Gasteiger partial charge in [-0.15, -0.1) is 10.2 Å². The van der Waals surface area contributed by atoms with Gasteiger partial charge in [0.2, 0.25) is 10.3 Å². The average Bonchev–Trinajstić information content (AvgIpc) is 3.20. The first-order valence-electron chi connectivity index (χ1n) is 6.82. The van der Waals surface area contributed by atoms with Crippen molar-refractivity contribution >= 4 is 50.1 Å². The summed E-state index contributed by atoms with van der Waals surface area (Å²) in [5.41, 5.74) is 1.64. The number of rotatable bonds is 6. The number of anilines is 2. The number of hydrogen-bond donors (Lipinski definition) is 3. The number of carbonyl (C=O) groups is 1. The number of hydrogen-bond acceptors (Lipinski definition) is 6. The standard InChI is InChI=1S/C14H13IN6OS/c15-10-3-1-9(2-4-10)12(22)19-14-21-20-13(23-14)17-6-5-11-7-16-8-18-11/h1-4,7-8H,5-6H2,(H,16,18)(H,17,20)(H,19,21,22). The Labute approximate surface area is 150 Å². The van der Waals surface area contributed by atoms with Crippen LogP contribution in [0.15, 0.2) is 36.8 Å². The molecule has 0 aliphatic rings. The first kappa shape index (κ1) is 15.9. The highest BCUT2D eigenvalue weighted by Gasteiger charge is 2.10. The van der Waals surface area contributed by atoms with Crippen LogP contribution in [0.1, 0.15) is 16.1 Å². The zero-order valence-electron chi connectivity index (χ0n) is 11.9. The van der Waals surface area contributed by atoms with Crippen molar-refractivity contribution in [1.29, 1.82) is 0 Å². The van der Waals surface area contributed by atoms with Crippen molar-refractivity contribution in [3.63, 3.8) is 0 Å². The lowest BCUT2D eigenvalue weighted by Crippen LogP contribution is -2.11. The molecular formula is C14H13IN6OS. The predicted octanol–water partition coefficient (Wildman–Crippen LogP) is 2.77. The normalized spacial score (nSPS) is 10.5. The minimum atomic E-state index is -0.193. The van der Waals surface area contributed by atoms with Gasteiger partial charge in [-0.3, -0.25) is 10.1 Å². The van der Waals surface area contributed by atoms with E-state index in [1.165, 1.54) is 11.3 Å². The van der Waals surface area contributed by atoms with Gasteiger partial charge in [-0.25, -0.2) is 4.98 Å². The Hall–Kier alpha value is -2.01. The highest BCUT2D eigenvalue weighted by atomic mass is 127. The molecule has 0 atom stereocenters. The number of nitrogens with one attached hydrogen (secondary N) is 3. The molecule has 2 heterocycles. The van der Waals surface area contributed by atoms with Crippen molar-refractivity contribution in [2.75, 3.05) is 17.2 Å². The molecule has 0 radical (unpaired) electrons. The predicted molar refractivity (Wildman–Crippen MR) is 97.8 cm³/mol. The van der Waals surface area contributed by atoms with Gasteiger partial charge in [0.1, 0.15) is 0 Å². The van der Waals surface area contributed by atoms with Crippen LogP contribution in [-0.4, -0.2) is 32.6 Å². The lowest BCUT2D eigenvalue weighted by atomic mass is 10.2. The number of H-pyrrole nitrogens is 1. The third kappa shape index (κ3) is 4.48. The Balaban J connectivity index is 1.52. The molecule has 1 aromatic carbocycles. The summed E-state index contributed by atoms with van der Waals surface area (Å²) in [6, 6.07) is 7.33. The molecule has 0 unspecified atom stereocenters.